The van der Waals surface area contributed by atoms with E-state index < -0.39 is 24.6 Å². The minimum atomic E-state index is -1.14. The molecule has 0 bridgehead atoms. The number of carboxylic acid groups (broad SMARTS) is 1. The zero-order valence-electron chi connectivity index (χ0n) is 10.9. The van der Waals surface area contributed by atoms with Gasteiger partial charge in [0.1, 0.15) is 19.8 Å². The summed E-state index contributed by atoms with van der Waals surface area (Å²) in [5.74, 6) is -1.65. The fourth-order valence-electron chi connectivity index (χ4n) is 1.30. The number of carboxylic acids is 1. The molecule has 0 aliphatic carbocycles. The van der Waals surface area contributed by atoms with Gasteiger partial charge in [-0.1, -0.05) is 18.2 Å². The standard InChI is InChI=1S/C13H15NO6/c1-14(9-11(15)16)13(18)20-8-7-19-12(17)10-5-3-2-4-6-10/h2-6H,7-9H2,1H3,(H,15,16). The Bertz CT molecular complexity index is 473. The van der Waals surface area contributed by atoms with E-state index in [1.807, 2.05) is 0 Å². The summed E-state index contributed by atoms with van der Waals surface area (Å²) >= 11 is 0. The van der Waals surface area contributed by atoms with Gasteiger partial charge in [0.15, 0.2) is 0 Å². The Morgan fingerprint density at radius 2 is 1.70 bits per heavy atom. The first kappa shape index (κ1) is 15.5. The molecule has 0 saturated heterocycles. The van der Waals surface area contributed by atoms with Gasteiger partial charge in [-0.2, -0.15) is 0 Å². The Kier molecular flexibility index (Phi) is 6.02. The number of carbonyl (C=O) groups excluding carboxylic acids is 2. The summed E-state index contributed by atoms with van der Waals surface area (Å²) < 4.78 is 9.63. The van der Waals surface area contributed by atoms with Crippen molar-refractivity contribution >= 4 is 18.0 Å². The molecule has 0 spiro atoms. The Morgan fingerprint density at radius 1 is 1.10 bits per heavy atom. The normalized spacial score (nSPS) is 9.65. The first-order valence-corrected chi connectivity index (χ1v) is 5.82. The summed E-state index contributed by atoms with van der Waals surface area (Å²) in [6.45, 7) is -0.690. The van der Waals surface area contributed by atoms with Crippen LogP contribution < -0.4 is 0 Å². The largest absolute Gasteiger partial charge is 0.480 e. The summed E-state index contributed by atoms with van der Waals surface area (Å²) in [6.07, 6.45) is -0.789. The van der Waals surface area contributed by atoms with Crippen LogP contribution in [-0.2, 0) is 14.3 Å². The molecule has 0 heterocycles. The van der Waals surface area contributed by atoms with Gasteiger partial charge in [0.2, 0.25) is 0 Å². The summed E-state index contributed by atoms with van der Waals surface area (Å²) in [6, 6.07) is 8.40. The van der Waals surface area contributed by atoms with E-state index >= 15 is 0 Å². The molecule has 1 amide bonds. The van der Waals surface area contributed by atoms with Gasteiger partial charge >= 0.3 is 18.0 Å². The van der Waals surface area contributed by atoms with E-state index in [-0.39, 0.29) is 13.2 Å². The predicted octanol–water partition coefficient (Wildman–Crippen LogP) is 0.996. The van der Waals surface area contributed by atoms with Gasteiger partial charge in [0, 0.05) is 7.05 Å². The van der Waals surface area contributed by atoms with Crippen LogP contribution in [0.3, 0.4) is 0 Å². The van der Waals surface area contributed by atoms with Crippen molar-refractivity contribution in [2.24, 2.45) is 0 Å². The molecule has 0 atom stereocenters. The number of benzene rings is 1. The number of rotatable bonds is 6. The van der Waals surface area contributed by atoms with E-state index in [1.54, 1.807) is 30.3 Å². The number of nitrogens with zero attached hydrogens (tertiary/aromatic N) is 1. The van der Waals surface area contributed by atoms with E-state index in [9.17, 15) is 14.4 Å². The van der Waals surface area contributed by atoms with Gasteiger partial charge in [-0.3, -0.25) is 4.79 Å². The average molecular weight is 281 g/mol. The molecule has 7 heteroatoms. The van der Waals surface area contributed by atoms with Crippen molar-refractivity contribution in [3.63, 3.8) is 0 Å². The predicted molar refractivity (Wildman–Crippen MR) is 68.3 cm³/mol. The van der Waals surface area contributed by atoms with Crippen LogP contribution in [0.5, 0.6) is 0 Å². The fourth-order valence-corrected chi connectivity index (χ4v) is 1.30. The highest BCUT2D eigenvalue weighted by atomic mass is 16.6. The summed E-state index contributed by atoms with van der Waals surface area (Å²) in [4.78, 5) is 34.1. The smallest absolute Gasteiger partial charge is 0.410 e. The molecule has 0 aliphatic rings. The molecule has 1 rings (SSSR count). The van der Waals surface area contributed by atoms with Crippen LogP contribution in [0.25, 0.3) is 0 Å². The van der Waals surface area contributed by atoms with Crippen molar-refractivity contribution in [1.29, 1.82) is 0 Å². The van der Waals surface area contributed by atoms with Crippen LogP contribution in [0.1, 0.15) is 10.4 Å². The highest BCUT2D eigenvalue weighted by Gasteiger charge is 2.13. The average Bonchev–Trinajstić information content (AvgIpc) is 2.43. The van der Waals surface area contributed by atoms with Crippen LogP contribution >= 0.6 is 0 Å². The number of carbonyl (C=O) groups is 3. The number of esters is 1. The SMILES string of the molecule is CN(CC(=O)O)C(=O)OCCOC(=O)c1ccccc1. The summed E-state index contributed by atoms with van der Waals surface area (Å²) in [5, 5.41) is 8.48. The van der Waals surface area contributed by atoms with E-state index in [0.29, 0.717) is 5.56 Å². The molecular weight excluding hydrogens is 266 g/mol. The molecule has 1 aromatic carbocycles. The highest BCUT2D eigenvalue weighted by Crippen LogP contribution is 2.00. The van der Waals surface area contributed by atoms with Crippen LogP contribution in [0.2, 0.25) is 0 Å². The van der Waals surface area contributed by atoms with E-state index in [4.69, 9.17) is 14.6 Å². The number of likely N-dealkylation sites (N-methyl/N-ethyl adjacent to an activating group) is 1. The molecule has 1 N–H and O–H groups in total. The Balaban J connectivity index is 2.23. The molecule has 0 saturated carbocycles. The van der Waals surface area contributed by atoms with E-state index in [0.717, 1.165) is 4.90 Å². The molecule has 7 nitrogen and oxygen atoms in total. The number of ether oxygens (including phenoxy) is 2. The first-order valence-electron chi connectivity index (χ1n) is 5.82. The first-order chi connectivity index (χ1) is 9.50. The third-order valence-corrected chi connectivity index (χ3v) is 2.24. The van der Waals surface area contributed by atoms with Crippen LogP contribution in [-0.4, -0.2) is 54.8 Å². The lowest BCUT2D eigenvalue weighted by Crippen LogP contribution is -2.33. The van der Waals surface area contributed by atoms with Gasteiger partial charge in [-0.05, 0) is 12.1 Å². The lowest BCUT2D eigenvalue weighted by Gasteiger charge is -2.14. The molecule has 0 fully saturated rings. The Labute approximate surface area is 115 Å². The van der Waals surface area contributed by atoms with Gasteiger partial charge in [0.25, 0.3) is 0 Å². The molecule has 108 valence electrons. The summed E-state index contributed by atoms with van der Waals surface area (Å²) in [7, 11) is 1.30. The minimum Gasteiger partial charge on any atom is -0.480 e. The fraction of sp³-hybridized carbons (Fsp3) is 0.308. The third-order valence-electron chi connectivity index (χ3n) is 2.24. The van der Waals surface area contributed by atoms with E-state index in [1.165, 1.54) is 7.05 Å². The second-order valence-electron chi connectivity index (χ2n) is 3.87. The van der Waals surface area contributed by atoms with Crippen molar-refractivity contribution in [1.82, 2.24) is 4.90 Å². The molecule has 0 aliphatic heterocycles. The van der Waals surface area contributed by atoms with Gasteiger partial charge in [0.05, 0.1) is 5.56 Å². The zero-order chi connectivity index (χ0) is 15.0. The molecule has 0 radical (unpaired) electrons. The number of hydrogen-bond acceptors (Lipinski definition) is 5. The molecular formula is C13H15NO6. The highest BCUT2D eigenvalue weighted by molar-refractivity contribution is 5.89. The lowest BCUT2D eigenvalue weighted by molar-refractivity contribution is -0.137. The van der Waals surface area contributed by atoms with Crippen molar-refractivity contribution in [2.75, 3.05) is 26.8 Å². The molecule has 0 aromatic heterocycles. The lowest BCUT2D eigenvalue weighted by atomic mass is 10.2. The monoisotopic (exact) mass is 281 g/mol. The van der Waals surface area contributed by atoms with Gasteiger partial charge in [-0.15, -0.1) is 0 Å². The number of amides is 1. The van der Waals surface area contributed by atoms with Gasteiger partial charge in [-0.25, -0.2) is 9.59 Å². The van der Waals surface area contributed by atoms with Crippen LogP contribution in [0.4, 0.5) is 4.79 Å². The maximum Gasteiger partial charge on any atom is 0.410 e. The van der Waals surface area contributed by atoms with Gasteiger partial charge < -0.3 is 19.5 Å². The van der Waals surface area contributed by atoms with E-state index in [2.05, 4.69) is 0 Å². The number of hydrogen-bond donors (Lipinski definition) is 1. The third kappa shape index (κ3) is 5.38. The van der Waals surface area contributed by atoms with Crippen LogP contribution in [0.15, 0.2) is 30.3 Å². The van der Waals surface area contributed by atoms with Crippen molar-refractivity contribution in [3.05, 3.63) is 35.9 Å². The molecule has 1 aromatic rings. The molecule has 0 unspecified atom stereocenters. The topological polar surface area (TPSA) is 93.1 Å². The van der Waals surface area contributed by atoms with Crippen molar-refractivity contribution in [3.8, 4) is 0 Å². The second-order valence-corrected chi connectivity index (χ2v) is 3.87. The quantitative estimate of drug-likeness (QED) is 0.617. The zero-order valence-corrected chi connectivity index (χ0v) is 10.9. The second kappa shape index (κ2) is 7.78. The number of aliphatic carboxylic acids is 1. The van der Waals surface area contributed by atoms with Crippen molar-refractivity contribution < 1.29 is 29.0 Å². The van der Waals surface area contributed by atoms with Crippen molar-refractivity contribution in [2.45, 2.75) is 0 Å². The Morgan fingerprint density at radius 3 is 2.30 bits per heavy atom. The Hall–Kier alpha value is -2.57. The van der Waals surface area contributed by atoms with Crippen LogP contribution in [0, 0.1) is 0 Å². The maximum atomic E-state index is 11.5. The maximum absolute atomic E-state index is 11.5. The molecule has 20 heavy (non-hydrogen) atoms. The summed E-state index contributed by atoms with van der Waals surface area (Å²) in [5.41, 5.74) is 0.404. The minimum absolute atomic E-state index is 0.0968.